The minimum atomic E-state index is -0.938. The van der Waals surface area contributed by atoms with Crippen LogP contribution in [0.25, 0.3) is 6.08 Å². The lowest BCUT2D eigenvalue weighted by molar-refractivity contribution is -0.154. The lowest BCUT2D eigenvalue weighted by atomic mass is 9.83. The molecule has 1 unspecified atom stereocenters. The number of aliphatic carboxylic acids is 1. The molecule has 0 radical (unpaired) electrons. The number of carbonyl (C=O) groups is 2. The van der Waals surface area contributed by atoms with E-state index in [9.17, 15) is 14.7 Å². The molecular formula is C18H24N4O3. The number of pyridine rings is 1. The Balaban J connectivity index is 1.73. The van der Waals surface area contributed by atoms with Gasteiger partial charge in [-0.1, -0.05) is 19.9 Å². The second-order valence-corrected chi connectivity index (χ2v) is 7.32. The summed E-state index contributed by atoms with van der Waals surface area (Å²) in [5.41, 5.74) is 7.41. The van der Waals surface area contributed by atoms with Gasteiger partial charge in [-0.2, -0.15) is 0 Å². The number of carboxylic acids is 1. The first-order chi connectivity index (χ1) is 11.8. The van der Waals surface area contributed by atoms with Crippen LogP contribution in [0.5, 0.6) is 0 Å². The van der Waals surface area contributed by atoms with Crippen molar-refractivity contribution >= 4 is 18.0 Å². The van der Waals surface area contributed by atoms with Crippen LogP contribution in [-0.2, 0) is 16.1 Å². The van der Waals surface area contributed by atoms with Crippen LogP contribution < -0.4 is 11.1 Å². The topological polar surface area (TPSA) is 109 Å². The Morgan fingerprint density at radius 2 is 2.28 bits per heavy atom. The molecule has 0 saturated carbocycles. The minimum absolute atomic E-state index is 0.128. The van der Waals surface area contributed by atoms with Crippen molar-refractivity contribution < 1.29 is 14.7 Å². The molecule has 2 fully saturated rings. The van der Waals surface area contributed by atoms with E-state index in [1.165, 1.54) is 4.90 Å². The molecule has 4 N–H and O–H groups in total. The molecule has 0 bridgehead atoms. The lowest BCUT2D eigenvalue weighted by Crippen LogP contribution is -2.57. The number of fused-ring (bicyclic) bond motifs is 1. The maximum absolute atomic E-state index is 12.4. The number of nitrogens with zero attached hydrogens (tertiary/aromatic N) is 2. The van der Waals surface area contributed by atoms with E-state index in [4.69, 9.17) is 5.73 Å². The first-order valence-electron chi connectivity index (χ1n) is 8.48. The highest BCUT2D eigenvalue weighted by atomic mass is 16.4. The molecule has 0 spiro atoms. The highest BCUT2D eigenvalue weighted by molar-refractivity contribution is 6.08. The number of carboxylic acid groups (broad SMARTS) is 1. The van der Waals surface area contributed by atoms with Gasteiger partial charge in [0.25, 0.3) is 5.91 Å². The predicted octanol–water partition coefficient (Wildman–Crippen LogP) is 0.607. The lowest BCUT2D eigenvalue weighted by Gasteiger charge is -2.40. The second-order valence-electron chi connectivity index (χ2n) is 7.32. The number of β-lactam (4-membered cyclic amide) rings is 1. The Morgan fingerprint density at radius 1 is 1.52 bits per heavy atom. The number of nitrogens with one attached hydrogen (secondary N) is 1. The molecule has 3 heterocycles. The molecule has 1 aromatic rings. The summed E-state index contributed by atoms with van der Waals surface area (Å²) in [6, 6.07) is 2.95. The summed E-state index contributed by atoms with van der Waals surface area (Å²) < 4.78 is 0. The van der Waals surface area contributed by atoms with E-state index in [1.807, 2.05) is 26.0 Å². The van der Waals surface area contributed by atoms with Crippen LogP contribution in [0.15, 0.2) is 23.9 Å². The van der Waals surface area contributed by atoms with Crippen molar-refractivity contribution in [3.05, 3.63) is 35.2 Å². The van der Waals surface area contributed by atoms with Crippen LogP contribution in [0.4, 0.5) is 0 Å². The smallest absolute Gasteiger partial charge is 0.327 e. The quantitative estimate of drug-likeness (QED) is 0.396. The fraction of sp³-hybridized carbons (Fsp3) is 0.500. The van der Waals surface area contributed by atoms with Gasteiger partial charge < -0.3 is 21.1 Å². The number of nitrogens with two attached hydrogens (primary N) is 1. The van der Waals surface area contributed by atoms with Gasteiger partial charge in [-0.05, 0) is 29.5 Å². The summed E-state index contributed by atoms with van der Waals surface area (Å²) in [4.78, 5) is 29.8. The summed E-state index contributed by atoms with van der Waals surface area (Å²) in [5, 5.41) is 12.6. The first kappa shape index (κ1) is 17.6. The first-order valence-corrected chi connectivity index (χ1v) is 8.48. The zero-order valence-corrected chi connectivity index (χ0v) is 14.5. The largest absolute Gasteiger partial charge is 0.480 e. The van der Waals surface area contributed by atoms with Gasteiger partial charge in [0.2, 0.25) is 0 Å². The molecule has 1 aromatic heterocycles. The van der Waals surface area contributed by atoms with Gasteiger partial charge in [0, 0.05) is 31.4 Å². The standard InChI is InChI=1S/C18H24N4O3/c1-18(2)8-14-13(16(23)22(14)15(18)17(24)25)7-12-4-3-11(10-21-12)9-20-6-5-19/h3-4,7,10,14-15,20H,5-6,8-9,19H2,1-2H3,(H,24,25)/b13-7+/t14?,15-/m0/s1. The fourth-order valence-corrected chi connectivity index (χ4v) is 3.74. The van der Waals surface area contributed by atoms with Crippen LogP contribution in [0.2, 0.25) is 0 Å². The molecule has 1 amide bonds. The van der Waals surface area contributed by atoms with E-state index < -0.39 is 17.4 Å². The molecular weight excluding hydrogens is 320 g/mol. The van der Waals surface area contributed by atoms with E-state index in [1.54, 1.807) is 12.3 Å². The third-order valence-corrected chi connectivity index (χ3v) is 4.95. The minimum Gasteiger partial charge on any atom is -0.480 e. The monoisotopic (exact) mass is 344 g/mol. The number of carbonyl (C=O) groups excluding carboxylic acids is 1. The van der Waals surface area contributed by atoms with E-state index in [0.717, 1.165) is 12.1 Å². The van der Waals surface area contributed by atoms with E-state index in [2.05, 4.69) is 10.3 Å². The second kappa shape index (κ2) is 6.57. The highest BCUT2D eigenvalue weighted by Gasteiger charge is 2.60. The van der Waals surface area contributed by atoms with Gasteiger partial charge in [-0.25, -0.2) is 4.79 Å². The van der Waals surface area contributed by atoms with Crippen molar-refractivity contribution in [2.75, 3.05) is 13.1 Å². The Hall–Kier alpha value is -2.25. The van der Waals surface area contributed by atoms with E-state index >= 15 is 0 Å². The molecule has 0 aliphatic carbocycles. The van der Waals surface area contributed by atoms with Crippen LogP contribution >= 0.6 is 0 Å². The van der Waals surface area contributed by atoms with Crippen LogP contribution in [0, 0.1) is 5.41 Å². The van der Waals surface area contributed by atoms with E-state index in [-0.39, 0.29) is 11.9 Å². The SMILES string of the molecule is CC1(C)CC2/C(=C\c3ccc(CNCCN)cn3)C(=O)N2[C@H]1C(=O)O. The Kier molecular flexibility index (Phi) is 4.62. The zero-order valence-electron chi connectivity index (χ0n) is 14.5. The average Bonchev–Trinajstić information content (AvgIpc) is 2.82. The molecule has 2 atom stereocenters. The molecule has 7 heteroatoms. The molecule has 2 saturated heterocycles. The van der Waals surface area contributed by atoms with Crippen molar-refractivity contribution in [3.8, 4) is 0 Å². The summed E-state index contributed by atoms with van der Waals surface area (Å²) in [7, 11) is 0. The summed E-state index contributed by atoms with van der Waals surface area (Å²) >= 11 is 0. The van der Waals surface area contributed by atoms with Crippen molar-refractivity contribution in [3.63, 3.8) is 0 Å². The van der Waals surface area contributed by atoms with Gasteiger partial charge in [0.1, 0.15) is 6.04 Å². The predicted molar refractivity (Wildman–Crippen MR) is 93.4 cm³/mol. The Morgan fingerprint density at radius 3 is 2.88 bits per heavy atom. The summed E-state index contributed by atoms with van der Waals surface area (Å²) in [5.74, 6) is -1.13. The third-order valence-electron chi connectivity index (χ3n) is 4.95. The molecule has 25 heavy (non-hydrogen) atoms. The maximum atomic E-state index is 12.4. The average molecular weight is 344 g/mol. The molecule has 2 aliphatic heterocycles. The fourth-order valence-electron chi connectivity index (χ4n) is 3.74. The zero-order chi connectivity index (χ0) is 18.2. The van der Waals surface area contributed by atoms with Crippen molar-refractivity contribution in [1.82, 2.24) is 15.2 Å². The van der Waals surface area contributed by atoms with Crippen LogP contribution in [0.3, 0.4) is 0 Å². The summed E-state index contributed by atoms with van der Waals surface area (Å²) in [6.07, 6.45) is 4.21. The van der Waals surface area contributed by atoms with Crippen molar-refractivity contribution in [2.24, 2.45) is 11.1 Å². The Labute approximate surface area is 146 Å². The van der Waals surface area contributed by atoms with Gasteiger partial charge in [-0.3, -0.25) is 9.78 Å². The van der Waals surface area contributed by atoms with Gasteiger partial charge >= 0.3 is 5.97 Å². The normalized spacial score (nSPS) is 25.8. The molecule has 2 aliphatic rings. The Bertz CT molecular complexity index is 712. The number of amides is 1. The van der Waals surface area contributed by atoms with Crippen LogP contribution in [0.1, 0.15) is 31.5 Å². The van der Waals surface area contributed by atoms with Crippen molar-refractivity contribution in [1.29, 1.82) is 0 Å². The third kappa shape index (κ3) is 3.17. The number of hydrogen-bond donors (Lipinski definition) is 3. The molecule has 0 aromatic carbocycles. The number of rotatable bonds is 6. The van der Waals surface area contributed by atoms with Crippen molar-refractivity contribution in [2.45, 2.75) is 38.9 Å². The maximum Gasteiger partial charge on any atom is 0.327 e. The summed E-state index contributed by atoms with van der Waals surface area (Å²) in [6.45, 7) is 5.83. The van der Waals surface area contributed by atoms with Gasteiger partial charge in [-0.15, -0.1) is 0 Å². The number of aromatic nitrogens is 1. The highest BCUT2D eigenvalue weighted by Crippen LogP contribution is 2.49. The van der Waals surface area contributed by atoms with E-state index in [0.29, 0.717) is 30.8 Å². The van der Waals surface area contributed by atoms with Crippen LogP contribution in [-0.4, -0.2) is 52.0 Å². The molecule has 7 nitrogen and oxygen atoms in total. The molecule has 3 rings (SSSR count). The van der Waals surface area contributed by atoms with Gasteiger partial charge in [0.05, 0.1) is 11.7 Å². The van der Waals surface area contributed by atoms with Gasteiger partial charge in [0.15, 0.2) is 0 Å². The molecule has 134 valence electrons. The number of hydrogen-bond acceptors (Lipinski definition) is 5.